The molecule has 1 saturated heterocycles. The Morgan fingerprint density at radius 2 is 1.80 bits per heavy atom. The van der Waals surface area contributed by atoms with Crippen LogP contribution < -0.4 is 19.7 Å². The summed E-state index contributed by atoms with van der Waals surface area (Å²) in [6.45, 7) is 5.28. The number of ether oxygens (including phenoxy) is 2. The van der Waals surface area contributed by atoms with Crippen molar-refractivity contribution in [2.24, 2.45) is 0 Å². The third-order valence-corrected chi connectivity index (χ3v) is 7.75. The van der Waals surface area contributed by atoms with Crippen molar-refractivity contribution in [3.8, 4) is 11.5 Å². The fraction of sp³-hybridized carbons (Fsp3) is 0.308. The number of rotatable bonds is 7. The minimum atomic E-state index is -0.0717. The molecule has 1 aliphatic heterocycles. The Morgan fingerprint density at radius 1 is 1.03 bits per heavy atom. The number of methoxy groups -OCH3 is 2. The third kappa shape index (κ3) is 5.00. The van der Waals surface area contributed by atoms with Gasteiger partial charge in [0.1, 0.15) is 21.4 Å². The minimum absolute atomic E-state index is 0.0717. The summed E-state index contributed by atoms with van der Waals surface area (Å²) in [5.41, 5.74) is 1.89. The van der Waals surface area contributed by atoms with E-state index in [-0.39, 0.29) is 5.91 Å². The molecule has 0 atom stereocenters. The number of hydrogen-bond acceptors (Lipinski definition) is 7. The Bertz CT molecular complexity index is 1350. The van der Waals surface area contributed by atoms with Crippen molar-refractivity contribution in [1.82, 2.24) is 15.2 Å². The molecule has 0 radical (unpaired) electrons. The molecule has 2 aromatic heterocycles. The molecule has 5 rings (SSSR count). The molecule has 4 aromatic rings. The molecule has 0 unspecified atom stereocenters. The molecule has 3 heterocycles. The van der Waals surface area contributed by atoms with E-state index in [9.17, 15) is 4.79 Å². The molecule has 1 aliphatic rings. The van der Waals surface area contributed by atoms with Crippen LogP contribution in [0.25, 0.3) is 21.1 Å². The first kappa shape index (κ1) is 23.7. The van der Waals surface area contributed by atoms with Crippen LogP contribution in [0.4, 0.5) is 5.69 Å². The fourth-order valence-corrected chi connectivity index (χ4v) is 5.58. The summed E-state index contributed by atoms with van der Waals surface area (Å²) in [4.78, 5) is 23.7. The average molecular weight is 511 g/mol. The number of aromatic nitrogens is 1. The molecule has 0 saturated carbocycles. The molecular formula is C26H27ClN4O3S. The highest BCUT2D eigenvalue weighted by Gasteiger charge is 2.18. The van der Waals surface area contributed by atoms with Gasteiger partial charge in [-0.3, -0.25) is 9.69 Å². The Morgan fingerprint density at radius 3 is 2.51 bits per heavy atom. The largest absolute Gasteiger partial charge is 0.497 e. The molecule has 35 heavy (non-hydrogen) atoms. The highest BCUT2D eigenvalue weighted by Crippen LogP contribution is 2.35. The number of halogens is 1. The molecule has 1 amide bonds. The SMILES string of the molecule is COc1ccc(N2CCN(CCNC(=O)c3cc4cc5ccc(OC)c(Cl)c5nc4s3)CC2)cc1. The van der Waals surface area contributed by atoms with E-state index in [4.69, 9.17) is 26.1 Å². The van der Waals surface area contributed by atoms with Crippen molar-refractivity contribution < 1.29 is 14.3 Å². The molecule has 1 N–H and O–H groups in total. The van der Waals surface area contributed by atoms with Gasteiger partial charge in [0.05, 0.1) is 24.6 Å². The number of thiophene rings is 1. The predicted octanol–water partition coefficient (Wildman–Crippen LogP) is 4.67. The summed E-state index contributed by atoms with van der Waals surface area (Å²) in [5.74, 6) is 1.39. The lowest BCUT2D eigenvalue weighted by Crippen LogP contribution is -2.48. The molecule has 7 nitrogen and oxygen atoms in total. The van der Waals surface area contributed by atoms with Gasteiger partial charge in [-0.2, -0.15) is 0 Å². The van der Waals surface area contributed by atoms with Gasteiger partial charge < -0.3 is 19.7 Å². The van der Waals surface area contributed by atoms with Gasteiger partial charge in [0.25, 0.3) is 5.91 Å². The van der Waals surface area contributed by atoms with Crippen LogP contribution >= 0.6 is 22.9 Å². The smallest absolute Gasteiger partial charge is 0.261 e. The standard InChI is InChI=1S/C26H27ClN4O3S/c1-33-20-6-4-19(5-7-20)31-13-11-30(12-14-31)10-9-28-25(32)22-16-18-15-17-3-8-21(34-2)23(27)24(17)29-26(18)35-22/h3-8,15-16H,9-14H2,1-2H3,(H,28,32). The maximum absolute atomic E-state index is 12.8. The monoisotopic (exact) mass is 510 g/mol. The van der Waals surface area contributed by atoms with Gasteiger partial charge in [0.15, 0.2) is 0 Å². The molecule has 1 fully saturated rings. The Balaban J connectivity index is 1.16. The lowest BCUT2D eigenvalue weighted by atomic mass is 10.2. The number of benzene rings is 2. The van der Waals surface area contributed by atoms with Crippen LogP contribution in [0.15, 0.2) is 48.5 Å². The predicted molar refractivity (Wildman–Crippen MR) is 143 cm³/mol. The van der Waals surface area contributed by atoms with Crippen molar-refractivity contribution in [3.05, 3.63) is 58.4 Å². The summed E-state index contributed by atoms with van der Waals surface area (Å²) in [7, 11) is 3.26. The van der Waals surface area contributed by atoms with E-state index in [1.807, 2.05) is 36.4 Å². The number of nitrogens with one attached hydrogen (secondary N) is 1. The van der Waals surface area contributed by atoms with E-state index in [1.165, 1.54) is 17.0 Å². The first-order valence-electron chi connectivity index (χ1n) is 11.5. The van der Waals surface area contributed by atoms with E-state index in [1.54, 1.807) is 14.2 Å². The van der Waals surface area contributed by atoms with E-state index in [2.05, 4.69) is 27.2 Å². The van der Waals surface area contributed by atoms with Crippen LogP contribution in [0.1, 0.15) is 9.67 Å². The lowest BCUT2D eigenvalue weighted by Gasteiger charge is -2.36. The van der Waals surface area contributed by atoms with Crippen molar-refractivity contribution in [3.63, 3.8) is 0 Å². The van der Waals surface area contributed by atoms with Gasteiger partial charge in [0, 0.05) is 55.7 Å². The number of carbonyl (C=O) groups is 1. The number of fused-ring (bicyclic) bond motifs is 2. The molecule has 2 aromatic carbocycles. The second-order valence-corrected chi connectivity index (χ2v) is 9.84. The van der Waals surface area contributed by atoms with E-state index < -0.39 is 0 Å². The summed E-state index contributed by atoms with van der Waals surface area (Å²) in [5, 5.41) is 5.40. The summed E-state index contributed by atoms with van der Waals surface area (Å²) < 4.78 is 10.5. The minimum Gasteiger partial charge on any atom is -0.497 e. The number of carbonyl (C=O) groups excluding carboxylic acids is 1. The third-order valence-electron chi connectivity index (χ3n) is 6.34. The topological polar surface area (TPSA) is 66.9 Å². The van der Waals surface area contributed by atoms with Crippen LogP contribution in [-0.2, 0) is 0 Å². The van der Waals surface area contributed by atoms with Gasteiger partial charge in [-0.25, -0.2) is 4.98 Å². The van der Waals surface area contributed by atoms with E-state index >= 15 is 0 Å². The summed E-state index contributed by atoms with van der Waals surface area (Å²) in [6.07, 6.45) is 0. The van der Waals surface area contributed by atoms with Gasteiger partial charge in [-0.15, -0.1) is 11.3 Å². The average Bonchev–Trinajstić information content (AvgIpc) is 3.32. The van der Waals surface area contributed by atoms with Crippen molar-refractivity contribution >= 4 is 55.7 Å². The van der Waals surface area contributed by atoms with Crippen LogP contribution in [0.5, 0.6) is 11.5 Å². The lowest BCUT2D eigenvalue weighted by molar-refractivity contribution is 0.0952. The highest BCUT2D eigenvalue weighted by atomic mass is 35.5. The highest BCUT2D eigenvalue weighted by molar-refractivity contribution is 7.20. The molecular weight excluding hydrogens is 484 g/mol. The number of hydrogen-bond donors (Lipinski definition) is 1. The Kier molecular flexibility index (Phi) is 6.95. The van der Waals surface area contributed by atoms with Crippen molar-refractivity contribution in [1.29, 1.82) is 0 Å². The second-order valence-electron chi connectivity index (χ2n) is 8.43. The van der Waals surface area contributed by atoms with Crippen molar-refractivity contribution in [2.45, 2.75) is 0 Å². The van der Waals surface area contributed by atoms with Crippen LogP contribution in [0, 0.1) is 0 Å². The van der Waals surface area contributed by atoms with E-state index in [0.717, 1.165) is 54.1 Å². The molecule has 0 bridgehead atoms. The zero-order valence-electron chi connectivity index (χ0n) is 19.7. The zero-order chi connectivity index (χ0) is 24.4. The van der Waals surface area contributed by atoms with Crippen LogP contribution in [0.2, 0.25) is 5.02 Å². The number of amides is 1. The Labute approximate surface area is 213 Å². The number of pyridine rings is 1. The molecule has 182 valence electrons. The van der Waals surface area contributed by atoms with Gasteiger partial charge in [-0.1, -0.05) is 11.6 Å². The van der Waals surface area contributed by atoms with E-state index in [0.29, 0.717) is 27.7 Å². The van der Waals surface area contributed by atoms with Crippen LogP contribution in [-0.4, -0.2) is 69.3 Å². The molecule has 9 heteroatoms. The van der Waals surface area contributed by atoms with Gasteiger partial charge >= 0.3 is 0 Å². The maximum Gasteiger partial charge on any atom is 0.261 e. The van der Waals surface area contributed by atoms with Crippen LogP contribution in [0.3, 0.4) is 0 Å². The molecule has 0 aliphatic carbocycles. The number of nitrogens with zero attached hydrogens (tertiary/aromatic N) is 3. The first-order valence-corrected chi connectivity index (χ1v) is 12.7. The zero-order valence-corrected chi connectivity index (χ0v) is 21.3. The van der Waals surface area contributed by atoms with Gasteiger partial charge in [0.2, 0.25) is 0 Å². The second kappa shape index (κ2) is 10.3. The van der Waals surface area contributed by atoms with Crippen molar-refractivity contribution in [2.75, 3.05) is 58.4 Å². The maximum atomic E-state index is 12.8. The normalized spacial score (nSPS) is 14.4. The number of piperazine rings is 1. The Hall–Kier alpha value is -3.07. The summed E-state index contributed by atoms with van der Waals surface area (Å²) >= 11 is 7.81. The molecule has 0 spiro atoms. The first-order chi connectivity index (χ1) is 17.1. The fourth-order valence-electron chi connectivity index (χ4n) is 4.35. The quantitative estimate of drug-likeness (QED) is 0.389. The summed E-state index contributed by atoms with van der Waals surface area (Å²) in [6, 6.07) is 15.9. The van der Waals surface area contributed by atoms with Gasteiger partial charge in [-0.05, 0) is 48.5 Å². The number of anilines is 1.